The maximum atomic E-state index is 11.0. The lowest BCUT2D eigenvalue weighted by atomic mass is 10.3. The average Bonchev–Trinajstić information content (AvgIpc) is 2.70. The van der Waals surface area contributed by atoms with E-state index in [-0.39, 0.29) is 25.2 Å². The van der Waals surface area contributed by atoms with Crippen molar-refractivity contribution >= 4 is 18.2 Å². The second-order valence-electron chi connectivity index (χ2n) is 5.60. The van der Waals surface area contributed by atoms with Crippen LogP contribution in [0.5, 0.6) is 0 Å². The minimum absolute atomic E-state index is 0.0665. The number of hydrogen-bond acceptors (Lipinski definition) is 7. The van der Waals surface area contributed by atoms with E-state index < -0.39 is 5.97 Å². The summed E-state index contributed by atoms with van der Waals surface area (Å²) >= 11 is 0. The average molecular weight is 402 g/mol. The Balaban J connectivity index is 0. The van der Waals surface area contributed by atoms with Gasteiger partial charge in [-0.3, -0.25) is 4.79 Å². The summed E-state index contributed by atoms with van der Waals surface area (Å²) in [6.45, 7) is 7.44. The molecule has 8 nitrogen and oxygen atoms in total. The van der Waals surface area contributed by atoms with Crippen LogP contribution in [0, 0.1) is 12.3 Å². The fourth-order valence-corrected chi connectivity index (χ4v) is 1.63. The SMILES string of the molecule is C#CCOCCOCCOCCCCC.CCC(=O)ON(C)C(=O)CCC=O. The van der Waals surface area contributed by atoms with Gasteiger partial charge in [0.2, 0.25) is 0 Å². The van der Waals surface area contributed by atoms with Crippen LogP contribution in [0.4, 0.5) is 0 Å². The number of hydroxylamine groups is 2. The molecule has 0 saturated carbocycles. The number of carbonyl (C=O) groups is 3. The summed E-state index contributed by atoms with van der Waals surface area (Å²) in [5, 5.41) is 0.856. The second-order valence-corrected chi connectivity index (χ2v) is 5.60. The van der Waals surface area contributed by atoms with Crippen molar-refractivity contribution in [3.05, 3.63) is 0 Å². The van der Waals surface area contributed by atoms with Crippen molar-refractivity contribution in [1.82, 2.24) is 5.06 Å². The van der Waals surface area contributed by atoms with Gasteiger partial charge in [0, 0.05) is 32.9 Å². The lowest BCUT2D eigenvalue weighted by Gasteiger charge is -2.14. The molecule has 8 heteroatoms. The minimum Gasteiger partial charge on any atom is -0.379 e. The Morgan fingerprint density at radius 3 is 2.14 bits per heavy atom. The Hall–Kier alpha value is -1.95. The van der Waals surface area contributed by atoms with Gasteiger partial charge in [0.15, 0.2) is 0 Å². The molecule has 0 atom stereocenters. The van der Waals surface area contributed by atoms with Gasteiger partial charge in [-0.2, -0.15) is 5.06 Å². The predicted octanol–water partition coefficient (Wildman–Crippen LogP) is 2.15. The van der Waals surface area contributed by atoms with Crippen molar-refractivity contribution in [2.45, 2.75) is 52.4 Å². The minimum atomic E-state index is -0.470. The van der Waals surface area contributed by atoms with Crippen LogP contribution in [0.1, 0.15) is 52.4 Å². The van der Waals surface area contributed by atoms with E-state index in [0.717, 1.165) is 18.1 Å². The third-order valence-electron chi connectivity index (χ3n) is 3.18. The first-order valence-electron chi connectivity index (χ1n) is 9.61. The molecule has 0 aliphatic rings. The highest BCUT2D eigenvalue weighted by molar-refractivity contribution is 5.79. The van der Waals surface area contributed by atoms with E-state index in [1.54, 1.807) is 6.92 Å². The molecular formula is C20H35NO7. The Bertz CT molecular complexity index is 435. The van der Waals surface area contributed by atoms with Crippen LogP contribution >= 0.6 is 0 Å². The van der Waals surface area contributed by atoms with E-state index in [1.165, 1.54) is 19.9 Å². The molecule has 0 unspecified atom stereocenters. The Morgan fingerprint density at radius 2 is 1.61 bits per heavy atom. The van der Waals surface area contributed by atoms with E-state index in [0.29, 0.717) is 39.3 Å². The van der Waals surface area contributed by atoms with Crippen molar-refractivity contribution in [3.63, 3.8) is 0 Å². The molecular weight excluding hydrogens is 366 g/mol. The zero-order valence-corrected chi connectivity index (χ0v) is 17.4. The van der Waals surface area contributed by atoms with Crippen molar-refractivity contribution in [3.8, 4) is 12.3 Å². The van der Waals surface area contributed by atoms with Crippen LogP contribution in [0.3, 0.4) is 0 Å². The number of terminal acetylenes is 1. The van der Waals surface area contributed by atoms with Crippen molar-refractivity contribution < 1.29 is 33.4 Å². The first-order chi connectivity index (χ1) is 13.5. The standard InChI is InChI=1S/C12H22O3.C8H13NO4/c1-3-5-6-8-14-10-12-15-11-9-13-7-4-2;1-3-8(12)13-9(2)7(11)5-4-6-10/h2H,3,5-12H2,1H3;6H,3-5H2,1-2H3. The topological polar surface area (TPSA) is 91.4 Å². The molecule has 0 aliphatic carbocycles. The monoisotopic (exact) mass is 401 g/mol. The molecule has 0 heterocycles. The van der Waals surface area contributed by atoms with Crippen molar-refractivity contribution in [2.24, 2.45) is 0 Å². The molecule has 0 aromatic heterocycles. The van der Waals surface area contributed by atoms with Gasteiger partial charge in [0.05, 0.1) is 26.4 Å². The van der Waals surface area contributed by atoms with Crippen LogP contribution in [0.2, 0.25) is 0 Å². The van der Waals surface area contributed by atoms with Crippen LogP contribution in [-0.2, 0) is 33.4 Å². The number of amides is 1. The van der Waals surface area contributed by atoms with E-state index in [4.69, 9.17) is 20.6 Å². The number of unbranched alkanes of at least 4 members (excludes halogenated alkanes) is 2. The number of carbonyl (C=O) groups excluding carboxylic acids is 3. The Kier molecular flexibility index (Phi) is 23.3. The molecule has 0 aromatic rings. The fourth-order valence-electron chi connectivity index (χ4n) is 1.63. The molecule has 1 amide bonds. The summed E-state index contributed by atoms with van der Waals surface area (Å²) in [5.41, 5.74) is 0. The Morgan fingerprint density at radius 1 is 1.00 bits per heavy atom. The highest BCUT2D eigenvalue weighted by atomic mass is 16.7. The third kappa shape index (κ3) is 22.1. The zero-order chi connectivity index (χ0) is 21.5. The van der Waals surface area contributed by atoms with Gasteiger partial charge in [-0.25, -0.2) is 4.79 Å². The van der Waals surface area contributed by atoms with Crippen LogP contribution < -0.4 is 0 Å². The molecule has 0 bridgehead atoms. The predicted molar refractivity (Wildman–Crippen MR) is 105 cm³/mol. The third-order valence-corrected chi connectivity index (χ3v) is 3.18. The van der Waals surface area contributed by atoms with Gasteiger partial charge in [-0.1, -0.05) is 32.6 Å². The normalized spacial score (nSPS) is 9.64. The molecule has 0 rings (SSSR count). The largest absolute Gasteiger partial charge is 0.379 e. The lowest BCUT2D eigenvalue weighted by Crippen LogP contribution is -2.29. The quantitative estimate of drug-likeness (QED) is 0.180. The van der Waals surface area contributed by atoms with E-state index >= 15 is 0 Å². The smallest absolute Gasteiger partial charge is 0.332 e. The van der Waals surface area contributed by atoms with Crippen LogP contribution in [0.15, 0.2) is 0 Å². The number of ether oxygens (including phenoxy) is 3. The highest BCUT2D eigenvalue weighted by Gasteiger charge is 2.11. The summed E-state index contributed by atoms with van der Waals surface area (Å²) in [6, 6.07) is 0. The molecule has 0 spiro atoms. The number of rotatable bonds is 15. The summed E-state index contributed by atoms with van der Waals surface area (Å²) in [4.78, 5) is 36.3. The molecule has 0 aliphatic heterocycles. The lowest BCUT2D eigenvalue weighted by molar-refractivity contribution is -0.192. The molecule has 0 radical (unpaired) electrons. The van der Waals surface area contributed by atoms with Gasteiger partial charge in [0.1, 0.15) is 12.9 Å². The van der Waals surface area contributed by atoms with Crippen molar-refractivity contribution in [1.29, 1.82) is 0 Å². The molecule has 0 fully saturated rings. The van der Waals surface area contributed by atoms with Crippen molar-refractivity contribution in [2.75, 3.05) is 46.7 Å². The number of hydrogen-bond donors (Lipinski definition) is 0. The molecule has 0 aromatic carbocycles. The molecule has 0 saturated heterocycles. The maximum absolute atomic E-state index is 11.0. The first kappa shape index (κ1) is 28.3. The molecule has 162 valence electrons. The van der Waals surface area contributed by atoms with Gasteiger partial charge in [-0.15, -0.1) is 6.42 Å². The number of aldehydes is 1. The number of nitrogens with zero attached hydrogens (tertiary/aromatic N) is 1. The fraction of sp³-hybridized carbons (Fsp3) is 0.750. The van der Waals surface area contributed by atoms with Gasteiger partial charge >= 0.3 is 5.97 Å². The second kappa shape index (κ2) is 23.1. The zero-order valence-electron chi connectivity index (χ0n) is 17.4. The molecule has 28 heavy (non-hydrogen) atoms. The summed E-state index contributed by atoms with van der Waals surface area (Å²) in [5.74, 6) is 1.54. The van der Waals surface area contributed by atoms with Crippen LogP contribution in [-0.4, -0.2) is 69.9 Å². The van der Waals surface area contributed by atoms with E-state index in [2.05, 4.69) is 17.7 Å². The molecule has 0 N–H and O–H groups in total. The van der Waals surface area contributed by atoms with Gasteiger partial charge < -0.3 is 23.8 Å². The highest BCUT2D eigenvalue weighted by Crippen LogP contribution is 1.96. The summed E-state index contributed by atoms with van der Waals surface area (Å²) < 4.78 is 15.7. The Labute approximate surface area is 168 Å². The van der Waals surface area contributed by atoms with Gasteiger partial charge in [-0.05, 0) is 6.42 Å². The summed E-state index contributed by atoms with van der Waals surface area (Å²) in [7, 11) is 1.35. The van der Waals surface area contributed by atoms with E-state index in [1.807, 2.05) is 0 Å². The van der Waals surface area contributed by atoms with E-state index in [9.17, 15) is 14.4 Å². The van der Waals surface area contributed by atoms with Gasteiger partial charge in [0.25, 0.3) is 5.91 Å². The van der Waals surface area contributed by atoms with Crippen LogP contribution in [0.25, 0.3) is 0 Å². The maximum Gasteiger partial charge on any atom is 0.332 e. The summed E-state index contributed by atoms with van der Waals surface area (Å²) in [6.07, 6.45) is 9.69. The first-order valence-corrected chi connectivity index (χ1v) is 9.61.